The van der Waals surface area contributed by atoms with E-state index < -0.39 is 11.7 Å². The van der Waals surface area contributed by atoms with Crippen LogP contribution in [0.2, 0.25) is 0 Å². The zero-order valence-electron chi connectivity index (χ0n) is 13.4. The monoisotopic (exact) mass is 349 g/mol. The fraction of sp³-hybridized carbons (Fsp3) is 0.176. The highest BCUT2D eigenvalue weighted by atomic mass is 19.4. The Kier molecular flexibility index (Phi) is 4.35. The summed E-state index contributed by atoms with van der Waals surface area (Å²) in [7, 11) is 3.02. The van der Waals surface area contributed by atoms with Gasteiger partial charge in [0.25, 0.3) is 0 Å². The largest absolute Gasteiger partial charge is 0.493 e. The zero-order valence-corrected chi connectivity index (χ0v) is 13.4. The first-order valence-corrected chi connectivity index (χ1v) is 7.24. The summed E-state index contributed by atoms with van der Waals surface area (Å²) < 4.78 is 48.8. The molecule has 25 heavy (non-hydrogen) atoms. The molecule has 0 atom stereocenters. The molecule has 0 saturated carbocycles. The smallest absolute Gasteiger partial charge is 0.416 e. The second kappa shape index (κ2) is 6.46. The Morgan fingerprint density at radius 3 is 2.28 bits per heavy atom. The van der Waals surface area contributed by atoms with E-state index in [2.05, 4.69) is 15.3 Å². The summed E-state index contributed by atoms with van der Waals surface area (Å²) >= 11 is 0. The number of nitrogens with one attached hydrogen (secondary N) is 1. The lowest BCUT2D eigenvalue weighted by Crippen LogP contribution is -2.05. The predicted octanol–water partition coefficient (Wildman–Crippen LogP) is 4.41. The maximum absolute atomic E-state index is 12.8. The van der Waals surface area contributed by atoms with Gasteiger partial charge in [0, 0.05) is 17.8 Å². The molecule has 2 aromatic carbocycles. The van der Waals surface area contributed by atoms with Gasteiger partial charge in [-0.3, -0.25) is 4.98 Å². The van der Waals surface area contributed by atoms with Gasteiger partial charge in [-0.15, -0.1) is 0 Å². The molecule has 0 amide bonds. The lowest BCUT2D eigenvalue weighted by molar-refractivity contribution is -0.137. The molecule has 0 bridgehead atoms. The van der Waals surface area contributed by atoms with Gasteiger partial charge < -0.3 is 14.8 Å². The number of halogens is 3. The first kappa shape index (κ1) is 16.8. The summed E-state index contributed by atoms with van der Waals surface area (Å²) in [6.07, 6.45) is -2.97. The van der Waals surface area contributed by atoms with E-state index in [0.29, 0.717) is 28.4 Å². The molecule has 0 aliphatic rings. The maximum atomic E-state index is 12.8. The molecule has 0 radical (unpaired) electrons. The van der Waals surface area contributed by atoms with Gasteiger partial charge in [0.2, 0.25) is 0 Å². The van der Waals surface area contributed by atoms with E-state index in [1.807, 2.05) is 0 Å². The minimum absolute atomic E-state index is 0.268. The van der Waals surface area contributed by atoms with E-state index in [9.17, 15) is 13.2 Å². The van der Waals surface area contributed by atoms with Crippen LogP contribution in [-0.2, 0) is 6.18 Å². The molecule has 3 rings (SSSR count). The number of ether oxygens (including phenoxy) is 2. The Balaban J connectivity index is 1.94. The second-order valence-electron chi connectivity index (χ2n) is 5.15. The van der Waals surface area contributed by atoms with Crippen LogP contribution in [0.4, 0.5) is 24.7 Å². The maximum Gasteiger partial charge on any atom is 0.416 e. The summed E-state index contributed by atoms with van der Waals surface area (Å²) in [4.78, 5) is 8.61. The van der Waals surface area contributed by atoms with Gasteiger partial charge in [-0.05, 0) is 18.2 Å². The topological polar surface area (TPSA) is 56.3 Å². The highest BCUT2D eigenvalue weighted by molar-refractivity contribution is 5.80. The van der Waals surface area contributed by atoms with Gasteiger partial charge >= 0.3 is 6.18 Å². The van der Waals surface area contributed by atoms with Crippen molar-refractivity contribution < 1.29 is 22.6 Å². The fourth-order valence-electron chi connectivity index (χ4n) is 2.32. The fourth-order valence-corrected chi connectivity index (χ4v) is 2.32. The van der Waals surface area contributed by atoms with Crippen molar-refractivity contribution in [3.63, 3.8) is 0 Å². The van der Waals surface area contributed by atoms with E-state index in [1.54, 1.807) is 12.1 Å². The van der Waals surface area contributed by atoms with E-state index in [-0.39, 0.29) is 5.69 Å². The number of benzene rings is 2. The Morgan fingerprint density at radius 2 is 1.64 bits per heavy atom. The van der Waals surface area contributed by atoms with Gasteiger partial charge in [0.05, 0.1) is 37.0 Å². The van der Waals surface area contributed by atoms with Crippen LogP contribution in [0.1, 0.15) is 5.56 Å². The van der Waals surface area contributed by atoms with Crippen LogP contribution in [0, 0.1) is 0 Å². The minimum Gasteiger partial charge on any atom is -0.493 e. The number of anilines is 2. The molecule has 0 saturated heterocycles. The quantitative estimate of drug-likeness (QED) is 0.756. The van der Waals surface area contributed by atoms with Crippen LogP contribution in [-0.4, -0.2) is 24.2 Å². The number of methoxy groups -OCH3 is 2. The van der Waals surface area contributed by atoms with Crippen LogP contribution in [0.25, 0.3) is 11.0 Å². The van der Waals surface area contributed by atoms with Crippen molar-refractivity contribution in [2.75, 3.05) is 19.5 Å². The molecule has 130 valence electrons. The summed E-state index contributed by atoms with van der Waals surface area (Å²) in [6.45, 7) is 0. The molecule has 0 aliphatic heterocycles. The number of nitrogens with zero attached hydrogens (tertiary/aromatic N) is 2. The first-order valence-electron chi connectivity index (χ1n) is 7.24. The Labute approximate surface area is 141 Å². The molecule has 8 heteroatoms. The van der Waals surface area contributed by atoms with Crippen molar-refractivity contribution in [3.8, 4) is 11.5 Å². The predicted molar refractivity (Wildman–Crippen MR) is 87.4 cm³/mol. The van der Waals surface area contributed by atoms with Gasteiger partial charge in [0.1, 0.15) is 5.82 Å². The zero-order chi connectivity index (χ0) is 18.0. The van der Waals surface area contributed by atoms with Gasteiger partial charge in [-0.1, -0.05) is 6.07 Å². The molecule has 3 aromatic rings. The third kappa shape index (κ3) is 3.57. The molecule has 5 nitrogen and oxygen atoms in total. The van der Waals surface area contributed by atoms with Crippen LogP contribution in [0.3, 0.4) is 0 Å². The molecule has 0 fully saturated rings. The van der Waals surface area contributed by atoms with E-state index >= 15 is 0 Å². The average Bonchev–Trinajstić information content (AvgIpc) is 2.60. The first-order chi connectivity index (χ1) is 11.9. The highest BCUT2D eigenvalue weighted by Gasteiger charge is 2.30. The summed E-state index contributed by atoms with van der Waals surface area (Å²) in [5.41, 5.74) is 0.628. The summed E-state index contributed by atoms with van der Waals surface area (Å²) in [6, 6.07) is 8.20. The third-order valence-electron chi connectivity index (χ3n) is 3.51. The highest BCUT2D eigenvalue weighted by Crippen LogP contribution is 2.33. The van der Waals surface area contributed by atoms with Gasteiger partial charge in [-0.2, -0.15) is 13.2 Å². The molecular weight excluding hydrogens is 335 g/mol. The molecule has 0 spiro atoms. The van der Waals surface area contributed by atoms with Crippen LogP contribution < -0.4 is 14.8 Å². The van der Waals surface area contributed by atoms with E-state index in [1.165, 1.54) is 32.5 Å². The van der Waals surface area contributed by atoms with E-state index in [4.69, 9.17) is 9.47 Å². The van der Waals surface area contributed by atoms with Gasteiger partial charge in [0.15, 0.2) is 11.5 Å². The van der Waals surface area contributed by atoms with Crippen LogP contribution in [0.5, 0.6) is 11.5 Å². The number of hydrogen-bond donors (Lipinski definition) is 1. The molecule has 1 N–H and O–H groups in total. The van der Waals surface area contributed by atoms with Crippen molar-refractivity contribution in [1.82, 2.24) is 9.97 Å². The average molecular weight is 349 g/mol. The Hall–Kier alpha value is -3.03. The molecule has 0 aliphatic carbocycles. The second-order valence-corrected chi connectivity index (χ2v) is 5.15. The Morgan fingerprint density at radius 1 is 0.960 bits per heavy atom. The molecule has 1 heterocycles. The van der Waals surface area contributed by atoms with Crippen molar-refractivity contribution in [1.29, 1.82) is 0 Å². The normalized spacial score (nSPS) is 11.4. The van der Waals surface area contributed by atoms with Crippen molar-refractivity contribution in [2.24, 2.45) is 0 Å². The SMILES string of the molecule is COc1cc2ncc(Nc3cccc(C(F)(F)F)c3)nc2cc1OC. The van der Waals surface area contributed by atoms with Crippen molar-refractivity contribution in [2.45, 2.75) is 6.18 Å². The number of alkyl halides is 3. The summed E-state index contributed by atoms with van der Waals surface area (Å²) in [5.74, 6) is 1.32. The van der Waals surface area contributed by atoms with Crippen LogP contribution in [0.15, 0.2) is 42.6 Å². The lowest BCUT2D eigenvalue weighted by Gasteiger charge is -2.11. The molecular formula is C17H14F3N3O2. The lowest BCUT2D eigenvalue weighted by atomic mass is 10.2. The van der Waals surface area contributed by atoms with Crippen molar-refractivity contribution >= 4 is 22.5 Å². The van der Waals surface area contributed by atoms with Crippen molar-refractivity contribution in [3.05, 3.63) is 48.2 Å². The summed E-state index contributed by atoms with van der Waals surface area (Å²) in [5, 5.41) is 2.83. The molecule has 1 aromatic heterocycles. The van der Waals surface area contributed by atoms with E-state index in [0.717, 1.165) is 12.1 Å². The standard InChI is InChI=1S/C17H14F3N3O2/c1-24-14-7-12-13(8-15(14)25-2)23-16(9-21-12)22-11-5-3-4-10(6-11)17(18,19)20/h3-9H,1-2H3,(H,22,23). The van der Waals surface area contributed by atoms with Gasteiger partial charge in [-0.25, -0.2) is 4.98 Å². The number of hydrogen-bond acceptors (Lipinski definition) is 5. The minimum atomic E-state index is -4.41. The molecule has 0 unspecified atom stereocenters. The third-order valence-corrected chi connectivity index (χ3v) is 3.51. The number of aromatic nitrogens is 2. The Bertz CT molecular complexity index is 913. The number of fused-ring (bicyclic) bond motifs is 1. The van der Waals surface area contributed by atoms with Crippen LogP contribution >= 0.6 is 0 Å². The number of rotatable bonds is 4.